The standard InChI is InChI=1S/C69H118O6/c1-4-7-10-13-16-19-22-25-27-29-31-32-33-34-35-36-38-39-41-44-47-50-53-56-59-62-68(71)74-65-66(64-73-67(70)61-58-55-52-49-46-43-24-21-18-15-12-9-6-3)75-69(72)63-60-57-54-51-48-45-42-40-37-30-28-26-23-20-17-14-11-8-5-2/h7,10,16-17,19-20,25-28,31-32,34-35,38-39,66H,4-6,8-9,11-15,18,21-24,29-30,33,36-37,40-65H2,1-3H3/b10-7-,19-16-,20-17-,27-25-,28-26-,32-31-,35-34-,39-38-. The number of ether oxygens (including phenoxy) is 3. The minimum atomic E-state index is -0.786. The maximum absolute atomic E-state index is 12.9. The Kier molecular flexibility index (Phi) is 59.8. The fourth-order valence-electron chi connectivity index (χ4n) is 8.83. The fraction of sp³-hybridized carbons (Fsp3) is 0.725. The highest BCUT2D eigenvalue weighted by Gasteiger charge is 2.19. The van der Waals surface area contributed by atoms with Crippen molar-refractivity contribution in [3.8, 4) is 0 Å². The van der Waals surface area contributed by atoms with Crippen LogP contribution in [0.2, 0.25) is 0 Å². The molecule has 0 aromatic carbocycles. The summed E-state index contributed by atoms with van der Waals surface area (Å²) in [6.45, 7) is 6.51. The van der Waals surface area contributed by atoms with Gasteiger partial charge in [0, 0.05) is 19.3 Å². The summed E-state index contributed by atoms with van der Waals surface area (Å²) in [5.41, 5.74) is 0. The third-order valence-corrected chi connectivity index (χ3v) is 13.6. The Labute approximate surface area is 464 Å². The van der Waals surface area contributed by atoms with Crippen LogP contribution in [0, 0.1) is 0 Å². The number of unbranched alkanes of at least 4 members (excludes halogenated alkanes) is 30. The van der Waals surface area contributed by atoms with Gasteiger partial charge in [-0.2, -0.15) is 0 Å². The highest BCUT2D eigenvalue weighted by atomic mass is 16.6. The van der Waals surface area contributed by atoms with Gasteiger partial charge in [0.1, 0.15) is 13.2 Å². The zero-order valence-electron chi connectivity index (χ0n) is 49.3. The zero-order chi connectivity index (χ0) is 54.3. The third kappa shape index (κ3) is 61.1. The fourth-order valence-corrected chi connectivity index (χ4v) is 8.83. The van der Waals surface area contributed by atoms with Crippen molar-refractivity contribution >= 4 is 17.9 Å². The summed E-state index contributed by atoms with van der Waals surface area (Å²) in [7, 11) is 0. The van der Waals surface area contributed by atoms with Gasteiger partial charge < -0.3 is 14.2 Å². The van der Waals surface area contributed by atoms with E-state index in [2.05, 4.69) is 118 Å². The minimum Gasteiger partial charge on any atom is -0.462 e. The van der Waals surface area contributed by atoms with Gasteiger partial charge in [-0.3, -0.25) is 14.4 Å². The van der Waals surface area contributed by atoms with Crippen molar-refractivity contribution in [3.05, 3.63) is 97.2 Å². The molecule has 0 saturated heterocycles. The molecule has 75 heavy (non-hydrogen) atoms. The molecule has 0 heterocycles. The molecule has 0 aliphatic heterocycles. The van der Waals surface area contributed by atoms with Crippen LogP contribution in [0.3, 0.4) is 0 Å². The van der Waals surface area contributed by atoms with Crippen LogP contribution >= 0.6 is 0 Å². The van der Waals surface area contributed by atoms with Crippen molar-refractivity contribution in [1.29, 1.82) is 0 Å². The van der Waals surface area contributed by atoms with Gasteiger partial charge in [0.2, 0.25) is 0 Å². The van der Waals surface area contributed by atoms with E-state index in [1.807, 2.05) is 0 Å². The predicted molar refractivity (Wildman–Crippen MR) is 325 cm³/mol. The van der Waals surface area contributed by atoms with E-state index in [0.29, 0.717) is 19.3 Å². The van der Waals surface area contributed by atoms with E-state index in [1.165, 1.54) is 148 Å². The summed E-state index contributed by atoms with van der Waals surface area (Å²) in [6.07, 6.45) is 84.0. The molecule has 0 aromatic heterocycles. The van der Waals surface area contributed by atoms with Crippen LogP contribution in [0.25, 0.3) is 0 Å². The van der Waals surface area contributed by atoms with E-state index < -0.39 is 6.10 Å². The first-order chi connectivity index (χ1) is 37.0. The van der Waals surface area contributed by atoms with E-state index >= 15 is 0 Å². The van der Waals surface area contributed by atoms with Crippen molar-refractivity contribution in [3.63, 3.8) is 0 Å². The van der Waals surface area contributed by atoms with Crippen LogP contribution in [0.1, 0.15) is 303 Å². The lowest BCUT2D eigenvalue weighted by Crippen LogP contribution is -2.30. The van der Waals surface area contributed by atoms with E-state index in [0.717, 1.165) is 116 Å². The highest BCUT2D eigenvalue weighted by molar-refractivity contribution is 5.71. The molecular formula is C69H118O6. The van der Waals surface area contributed by atoms with Gasteiger partial charge in [-0.05, 0) is 103 Å². The number of carbonyl (C=O) groups excluding carboxylic acids is 3. The molecule has 0 fully saturated rings. The average Bonchev–Trinajstić information content (AvgIpc) is 3.41. The molecule has 1 atom stereocenters. The molecule has 1 unspecified atom stereocenters. The zero-order valence-corrected chi connectivity index (χ0v) is 49.3. The molecule has 0 bridgehead atoms. The van der Waals surface area contributed by atoms with Crippen molar-refractivity contribution in [1.82, 2.24) is 0 Å². The number of allylic oxidation sites excluding steroid dienone is 16. The molecule has 0 radical (unpaired) electrons. The Morgan fingerprint density at radius 2 is 0.520 bits per heavy atom. The largest absolute Gasteiger partial charge is 0.462 e. The molecule has 0 amide bonds. The maximum atomic E-state index is 12.9. The third-order valence-electron chi connectivity index (χ3n) is 13.6. The molecule has 0 N–H and O–H groups in total. The smallest absolute Gasteiger partial charge is 0.306 e. The summed E-state index contributed by atoms with van der Waals surface area (Å²) in [5.74, 6) is -0.891. The number of carbonyl (C=O) groups is 3. The number of rotatable bonds is 57. The lowest BCUT2D eigenvalue weighted by atomic mass is 10.0. The van der Waals surface area contributed by atoms with Gasteiger partial charge in [0.25, 0.3) is 0 Å². The van der Waals surface area contributed by atoms with Crippen molar-refractivity contribution in [2.75, 3.05) is 13.2 Å². The lowest BCUT2D eigenvalue weighted by molar-refractivity contribution is -0.167. The van der Waals surface area contributed by atoms with Gasteiger partial charge in [-0.15, -0.1) is 0 Å². The first kappa shape index (κ1) is 71.3. The van der Waals surface area contributed by atoms with E-state index in [-0.39, 0.29) is 31.1 Å². The monoisotopic (exact) mass is 1040 g/mol. The lowest BCUT2D eigenvalue weighted by Gasteiger charge is -2.18. The molecule has 0 spiro atoms. The summed E-state index contributed by atoms with van der Waals surface area (Å²) >= 11 is 0. The highest BCUT2D eigenvalue weighted by Crippen LogP contribution is 2.16. The molecule has 0 rings (SSSR count). The molecular weight excluding hydrogens is 925 g/mol. The Bertz CT molecular complexity index is 1480. The first-order valence-electron chi connectivity index (χ1n) is 31.7. The second kappa shape index (κ2) is 62.9. The molecule has 6 heteroatoms. The number of esters is 3. The molecule has 0 aromatic rings. The van der Waals surface area contributed by atoms with Gasteiger partial charge >= 0.3 is 17.9 Å². The average molecular weight is 1040 g/mol. The van der Waals surface area contributed by atoms with Crippen LogP contribution in [0.5, 0.6) is 0 Å². The second-order valence-electron chi connectivity index (χ2n) is 20.9. The molecule has 0 saturated carbocycles. The van der Waals surface area contributed by atoms with Gasteiger partial charge in [-0.25, -0.2) is 0 Å². The van der Waals surface area contributed by atoms with Crippen molar-refractivity contribution < 1.29 is 28.6 Å². The second-order valence-corrected chi connectivity index (χ2v) is 20.9. The Balaban J connectivity index is 4.37. The van der Waals surface area contributed by atoms with E-state index in [1.54, 1.807) is 0 Å². The van der Waals surface area contributed by atoms with Crippen LogP contribution in [0.4, 0.5) is 0 Å². The predicted octanol–water partition coefficient (Wildman–Crippen LogP) is 21.7. The van der Waals surface area contributed by atoms with Crippen LogP contribution in [-0.2, 0) is 28.6 Å². The molecule has 0 aliphatic carbocycles. The van der Waals surface area contributed by atoms with Crippen LogP contribution < -0.4 is 0 Å². The van der Waals surface area contributed by atoms with Crippen LogP contribution in [-0.4, -0.2) is 37.2 Å². The van der Waals surface area contributed by atoms with Crippen molar-refractivity contribution in [2.45, 2.75) is 309 Å². The number of hydrogen-bond acceptors (Lipinski definition) is 6. The van der Waals surface area contributed by atoms with Crippen molar-refractivity contribution in [2.24, 2.45) is 0 Å². The normalized spacial score (nSPS) is 12.7. The minimum absolute atomic E-state index is 0.0817. The van der Waals surface area contributed by atoms with E-state index in [4.69, 9.17) is 14.2 Å². The Hall–Kier alpha value is -3.67. The summed E-state index contributed by atoms with van der Waals surface area (Å²) in [6, 6.07) is 0. The summed E-state index contributed by atoms with van der Waals surface area (Å²) in [4.78, 5) is 38.3. The first-order valence-corrected chi connectivity index (χ1v) is 31.7. The van der Waals surface area contributed by atoms with Gasteiger partial charge in [0.15, 0.2) is 6.10 Å². The van der Waals surface area contributed by atoms with Crippen LogP contribution in [0.15, 0.2) is 97.2 Å². The SMILES string of the molecule is CC/C=C\C/C=C\C/C=C\C/C=C\C/C=C\C/C=C\CCCCCCCCC(=O)OCC(COC(=O)CCCCCCCCCCCCCCC)OC(=O)CCCCCCCCCCC/C=C\C/C=C\CCCCC. The quantitative estimate of drug-likeness (QED) is 0.0261. The Morgan fingerprint density at radius 1 is 0.280 bits per heavy atom. The molecule has 430 valence electrons. The summed E-state index contributed by atoms with van der Waals surface area (Å²) < 4.78 is 16.9. The topological polar surface area (TPSA) is 78.9 Å². The summed E-state index contributed by atoms with van der Waals surface area (Å²) in [5, 5.41) is 0. The van der Waals surface area contributed by atoms with E-state index in [9.17, 15) is 14.4 Å². The van der Waals surface area contributed by atoms with Gasteiger partial charge in [-0.1, -0.05) is 279 Å². The maximum Gasteiger partial charge on any atom is 0.306 e. The van der Waals surface area contributed by atoms with Gasteiger partial charge in [0.05, 0.1) is 0 Å². The number of hydrogen-bond donors (Lipinski definition) is 0. The Morgan fingerprint density at radius 3 is 0.840 bits per heavy atom. The molecule has 0 aliphatic rings. The molecule has 6 nitrogen and oxygen atoms in total.